The Morgan fingerprint density at radius 2 is 1.91 bits per heavy atom. The largest absolute Gasteiger partial charge is 0.480 e. The number of ether oxygens (including phenoxy) is 2. The molecule has 2 rings (SSSR count). The summed E-state index contributed by atoms with van der Waals surface area (Å²) < 4.78 is 23.9. The van der Waals surface area contributed by atoms with E-state index in [1.165, 1.54) is 13.2 Å². The molecule has 0 aromatic carbocycles. The zero-order chi connectivity index (χ0) is 16.3. The van der Waals surface area contributed by atoms with E-state index in [2.05, 4.69) is 4.98 Å². The molecule has 0 N–H and O–H groups in total. The van der Waals surface area contributed by atoms with Crippen LogP contribution in [0.5, 0.6) is 5.88 Å². The summed E-state index contributed by atoms with van der Waals surface area (Å²) in [5.41, 5.74) is 0.0931. The van der Waals surface area contributed by atoms with Gasteiger partial charge in [0.15, 0.2) is 0 Å². The molecule has 7 heteroatoms. The highest BCUT2D eigenvalue weighted by Crippen LogP contribution is 2.27. The van der Waals surface area contributed by atoms with E-state index in [1.54, 1.807) is 4.90 Å². The highest BCUT2D eigenvalue weighted by molar-refractivity contribution is 5.69. The number of nitrogens with zero attached hydrogens (tertiary/aromatic N) is 3. The minimum absolute atomic E-state index is 0.323. The number of carbonyl (C=O) groups excluding carboxylic acids is 1. The third-order valence-corrected chi connectivity index (χ3v) is 3.26. The Hall–Kier alpha value is -2.05. The fourth-order valence-corrected chi connectivity index (χ4v) is 2.26. The molecular formula is C15H22FN3O3. The van der Waals surface area contributed by atoms with Gasteiger partial charge in [0, 0.05) is 32.2 Å². The molecular weight excluding hydrogens is 289 g/mol. The first-order valence-corrected chi connectivity index (χ1v) is 7.22. The van der Waals surface area contributed by atoms with Crippen LogP contribution in [-0.4, -0.2) is 54.9 Å². The summed E-state index contributed by atoms with van der Waals surface area (Å²) in [7, 11) is 1.50. The summed E-state index contributed by atoms with van der Waals surface area (Å²) in [6, 6.07) is 1.40. The number of carbonyl (C=O) groups is 1. The molecule has 2 heterocycles. The maximum absolute atomic E-state index is 13.4. The summed E-state index contributed by atoms with van der Waals surface area (Å²) in [6.07, 6.45) is 0.802. The van der Waals surface area contributed by atoms with Crippen LogP contribution in [0.25, 0.3) is 0 Å². The van der Waals surface area contributed by atoms with Gasteiger partial charge in [-0.3, -0.25) is 0 Å². The summed E-state index contributed by atoms with van der Waals surface area (Å²) in [5, 5.41) is 0. The fraction of sp³-hybridized carbons (Fsp3) is 0.600. The van der Waals surface area contributed by atoms with Crippen LogP contribution >= 0.6 is 0 Å². The van der Waals surface area contributed by atoms with Crippen LogP contribution < -0.4 is 9.64 Å². The third-order valence-electron chi connectivity index (χ3n) is 3.26. The number of hydrogen-bond donors (Lipinski definition) is 0. The van der Waals surface area contributed by atoms with Gasteiger partial charge >= 0.3 is 6.09 Å². The van der Waals surface area contributed by atoms with E-state index >= 15 is 0 Å². The Bertz CT molecular complexity index is 537. The molecule has 1 aromatic rings. The van der Waals surface area contributed by atoms with Gasteiger partial charge in [0.2, 0.25) is 5.88 Å². The summed E-state index contributed by atoms with van der Waals surface area (Å²) in [4.78, 5) is 19.6. The second-order valence-electron chi connectivity index (χ2n) is 6.14. The lowest BCUT2D eigenvalue weighted by Crippen LogP contribution is -2.50. The molecule has 122 valence electrons. The molecule has 22 heavy (non-hydrogen) atoms. The van der Waals surface area contributed by atoms with Crippen LogP contribution in [0.2, 0.25) is 0 Å². The van der Waals surface area contributed by atoms with Gasteiger partial charge in [-0.05, 0) is 20.8 Å². The zero-order valence-corrected chi connectivity index (χ0v) is 13.4. The Kier molecular flexibility index (Phi) is 4.73. The van der Waals surface area contributed by atoms with Gasteiger partial charge in [-0.25, -0.2) is 14.2 Å². The lowest BCUT2D eigenvalue weighted by atomic mass is 10.2. The molecule has 0 bridgehead atoms. The molecule has 0 unspecified atom stereocenters. The van der Waals surface area contributed by atoms with E-state index in [0.717, 1.165) is 6.20 Å². The van der Waals surface area contributed by atoms with Crippen molar-refractivity contribution >= 4 is 11.8 Å². The average molecular weight is 311 g/mol. The smallest absolute Gasteiger partial charge is 0.410 e. The number of rotatable bonds is 2. The van der Waals surface area contributed by atoms with Crippen LogP contribution in [0, 0.1) is 5.82 Å². The second-order valence-corrected chi connectivity index (χ2v) is 6.14. The van der Waals surface area contributed by atoms with Gasteiger partial charge in [-0.15, -0.1) is 0 Å². The molecule has 1 amide bonds. The molecule has 0 saturated carbocycles. The van der Waals surface area contributed by atoms with E-state index in [0.29, 0.717) is 37.7 Å². The normalized spacial score (nSPS) is 15.7. The van der Waals surface area contributed by atoms with Crippen molar-refractivity contribution in [3.8, 4) is 5.88 Å². The Labute approximate surface area is 129 Å². The molecule has 1 fully saturated rings. The van der Waals surface area contributed by atoms with Crippen molar-refractivity contribution in [1.29, 1.82) is 0 Å². The number of hydrogen-bond acceptors (Lipinski definition) is 5. The van der Waals surface area contributed by atoms with Crippen LogP contribution in [0.3, 0.4) is 0 Å². The number of pyridine rings is 1. The molecule has 0 atom stereocenters. The van der Waals surface area contributed by atoms with Gasteiger partial charge in [-0.2, -0.15) is 0 Å². The topological polar surface area (TPSA) is 54.9 Å². The fourth-order valence-electron chi connectivity index (χ4n) is 2.26. The van der Waals surface area contributed by atoms with E-state index < -0.39 is 11.4 Å². The van der Waals surface area contributed by atoms with E-state index in [-0.39, 0.29) is 6.09 Å². The zero-order valence-electron chi connectivity index (χ0n) is 13.4. The maximum atomic E-state index is 13.4. The average Bonchev–Trinajstić information content (AvgIpc) is 2.45. The van der Waals surface area contributed by atoms with Crippen molar-refractivity contribution in [3.05, 3.63) is 18.1 Å². The lowest BCUT2D eigenvalue weighted by molar-refractivity contribution is 0.0240. The van der Waals surface area contributed by atoms with E-state index in [9.17, 15) is 9.18 Å². The van der Waals surface area contributed by atoms with Crippen LogP contribution in [-0.2, 0) is 4.74 Å². The van der Waals surface area contributed by atoms with Crippen molar-refractivity contribution in [1.82, 2.24) is 9.88 Å². The van der Waals surface area contributed by atoms with Crippen LogP contribution in [0.15, 0.2) is 12.3 Å². The van der Waals surface area contributed by atoms with Crippen molar-refractivity contribution in [2.75, 3.05) is 38.2 Å². The van der Waals surface area contributed by atoms with Gasteiger partial charge in [-0.1, -0.05) is 0 Å². The first-order valence-electron chi connectivity index (χ1n) is 7.22. The standard InChI is InChI=1S/C15H22FN3O3/c1-15(2,3)22-14(20)19-7-5-18(6-8-19)12-9-11(16)10-17-13(12)21-4/h9-10H,5-8H2,1-4H3. The first-order chi connectivity index (χ1) is 10.3. The minimum atomic E-state index is -0.510. The summed E-state index contributed by atoms with van der Waals surface area (Å²) >= 11 is 0. The number of amides is 1. The summed E-state index contributed by atoms with van der Waals surface area (Å²) in [5.74, 6) is -0.0301. The first kappa shape index (κ1) is 16.3. The molecule has 0 spiro atoms. The minimum Gasteiger partial charge on any atom is -0.480 e. The molecule has 1 aliphatic heterocycles. The van der Waals surface area contributed by atoms with Gasteiger partial charge in [0.05, 0.1) is 13.3 Å². The number of piperazine rings is 1. The highest BCUT2D eigenvalue weighted by Gasteiger charge is 2.27. The van der Waals surface area contributed by atoms with E-state index in [4.69, 9.17) is 9.47 Å². The van der Waals surface area contributed by atoms with Crippen molar-refractivity contribution in [3.63, 3.8) is 0 Å². The predicted molar refractivity (Wildman–Crippen MR) is 80.8 cm³/mol. The van der Waals surface area contributed by atoms with Crippen molar-refractivity contribution in [2.24, 2.45) is 0 Å². The van der Waals surface area contributed by atoms with Crippen molar-refractivity contribution < 1.29 is 18.7 Å². The predicted octanol–water partition coefficient (Wildman–Crippen LogP) is 2.29. The molecule has 0 radical (unpaired) electrons. The number of aromatic nitrogens is 1. The Morgan fingerprint density at radius 3 is 2.45 bits per heavy atom. The number of halogens is 1. The highest BCUT2D eigenvalue weighted by atomic mass is 19.1. The molecule has 0 aliphatic carbocycles. The Balaban J connectivity index is 2.00. The SMILES string of the molecule is COc1ncc(F)cc1N1CCN(C(=O)OC(C)(C)C)CC1. The van der Waals surface area contributed by atoms with Gasteiger partial charge < -0.3 is 19.3 Å². The molecule has 1 saturated heterocycles. The van der Waals surface area contributed by atoms with Gasteiger partial charge in [0.25, 0.3) is 0 Å². The quantitative estimate of drug-likeness (QED) is 0.839. The Morgan fingerprint density at radius 1 is 1.27 bits per heavy atom. The van der Waals surface area contributed by atoms with E-state index in [1.807, 2.05) is 25.7 Å². The van der Waals surface area contributed by atoms with Gasteiger partial charge in [0.1, 0.15) is 17.1 Å². The second kappa shape index (κ2) is 6.37. The summed E-state index contributed by atoms with van der Waals surface area (Å²) in [6.45, 7) is 7.67. The maximum Gasteiger partial charge on any atom is 0.410 e. The third kappa shape index (κ3) is 3.99. The van der Waals surface area contributed by atoms with Crippen molar-refractivity contribution in [2.45, 2.75) is 26.4 Å². The molecule has 1 aliphatic rings. The van der Waals surface area contributed by atoms with Crippen LogP contribution in [0.1, 0.15) is 20.8 Å². The molecule has 1 aromatic heterocycles. The van der Waals surface area contributed by atoms with Crippen LogP contribution in [0.4, 0.5) is 14.9 Å². The monoisotopic (exact) mass is 311 g/mol. The lowest BCUT2D eigenvalue weighted by Gasteiger charge is -2.36. The number of anilines is 1. The number of methoxy groups -OCH3 is 1. The molecule has 6 nitrogen and oxygen atoms in total.